The Labute approximate surface area is 93.9 Å². The van der Waals surface area contributed by atoms with Crippen molar-refractivity contribution >= 4 is 0 Å². The fourth-order valence-electron chi connectivity index (χ4n) is 1.57. The van der Waals surface area contributed by atoms with Crippen LogP contribution >= 0.6 is 0 Å². The minimum atomic E-state index is 0.513. The first-order chi connectivity index (χ1) is 7.29. The highest BCUT2D eigenvalue weighted by atomic mass is 14.8. The zero-order chi connectivity index (χ0) is 10.9. The van der Waals surface area contributed by atoms with Crippen molar-refractivity contribution in [2.45, 2.75) is 26.2 Å². The smallest absolute Gasteiger partial charge is 0.105 e. The van der Waals surface area contributed by atoms with Gasteiger partial charge >= 0.3 is 0 Å². The average Bonchev–Trinajstić information content (AvgIpc) is 2.24. The van der Waals surface area contributed by atoms with Crippen LogP contribution in [-0.2, 0) is 6.42 Å². The van der Waals surface area contributed by atoms with E-state index in [2.05, 4.69) is 49.5 Å². The van der Waals surface area contributed by atoms with E-state index in [0.29, 0.717) is 5.92 Å². The van der Waals surface area contributed by atoms with Crippen molar-refractivity contribution < 1.29 is 0 Å². The van der Waals surface area contributed by atoms with Gasteiger partial charge in [-0.1, -0.05) is 30.3 Å². The number of unbranched alkanes of at least 4 members (excludes halogenated alkanes) is 1. The van der Waals surface area contributed by atoms with Crippen molar-refractivity contribution in [1.82, 2.24) is 5.32 Å². The van der Waals surface area contributed by atoms with Gasteiger partial charge in [0.25, 0.3) is 0 Å². The standard InChI is InChI=1S/C14H22N/c1-13(2)12-15-11-7-6-10-14-8-4-3-5-9-14/h3-5,8-9,13,15H,1,6-7,10-12H2,2H3/q+1. The molecule has 1 aromatic carbocycles. The normalized spacial score (nSPS) is 12.6. The summed E-state index contributed by atoms with van der Waals surface area (Å²) in [6.45, 7) is 8.23. The van der Waals surface area contributed by atoms with Gasteiger partial charge < -0.3 is 5.32 Å². The predicted molar refractivity (Wildman–Crippen MR) is 66.8 cm³/mol. The molecule has 0 aliphatic heterocycles. The van der Waals surface area contributed by atoms with Crippen LogP contribution in [0.2, 0.25) is 0 Å². The minimum absolute atomic E-state index is 0.513. The molecule has 1 heteroatoms. The Hall–Kier alpha value is -0.950. The number of nitrogens with one attached hydrogen (secondary N) is 1. The second kappa shape index (κ2) is 7.36. The Bertz CT molecular complexity index is 241. The number of hydrogen-bond acceptors (Lipinski definition) is 1. The van der Waals surface area contributed by atoms with E-state index in [1.807, 2.05) is 0 Å². The van der Waals surface area contributed by atoms with E-state index >= 15 is 0 Å². The number of hydrogen-bond donors (Lipinski definition) is 1. The van der Waals surface area contributed by atoms with E-state index in [-0.39, 0.29) is 0 Å². The second-order valence-corrected chi connectivity index (χ2v) is 4.25. The summed E-state index contributed by atoms with van der Waals surface area (Å²) in [6.07, 6.45) is 3.71. The summed E-state index contributed by atoms with van der Waals surface area (Å²) in [6, 6.07) is 10.7. The Balaban J connectivity index is 1.98. The minimum Gasteiger partial charge on any atom is -0.312 e. The van der Waals surface area contributed by atoms with Crippen LogP contribution < -0.4 is 5.32 Å². The van der Waals surface area contributed by atoms with Gasteiger partial charge in [0.15, 0.2) is 0 Å². The van der Waals surface area contributed by atoms with Crippen molar-refractivity contribution in [2.24, 2.45) is 5.92 Å². The van der Waals surface area contributed by atoms with Gasteiger partial charge in [0.05, 0.1) is 6.92 Å². The van der Waals surface area contributed by atoms with Crippen LogP contribution in [0.5, 0.6) is 0 Å². The first-order valence-electron chi connectivity index (χ1n) is 5.87. The molecule has 1 aromatic rings. The maximum absolute atomic E-state index is 3.94. The Morgan fingerprint density at radius 3 is 2.60 bits per heavy atom. The molecule has 0 aliphatic carbocycles. The van der Waals surface area contributed by atoms with Crippen LogP contribution in [0.1, 0.15) is 25.3 Å². The van der Waals surface area contributed by atoms with Crippen molar-refractivity contribution in [3.8, 4) is 0 Å². The maximum atomic E-state index is 3.94. The van der Waals surface area contributed by atoms with Crippen LogP contribution in [0.3, 0.4) is 0 Å². The fourth-order valence-corrected chi connectivity index (χ4v) is 1.57. The van der Waals surface area contributed by atoms with Crippen LogP contribution in [0.4, 0.5) is 0 Å². The summed E-state index contributed by atoms with van der Waals surface area (Å²) in [5, 5.41) is 3.41. The zero-order valence-electron chi connectivity index (χ0n) is 9.71. The molecule has 82 valence electrons. The molecule has 0 bridgehead atoms. The lowest BCUT2D eigenvalue weighted by atomic mass is 10.1. The van der Waals surface area contributed by atoms with Crippen molar-refractivity contribution in [1.29, 1.82) is 0 Å². The van der Waals surface area contributed by atoms with Gasteiger partial charge in [0.1, 0.15) is 5.92 Å². The maximum Gasteiger partial charge on any atom is 0.105 e. The van der Waals surface area contributed by atoms with E-state index in [0.717, 1.165) is 13.1 Å². The molecule has 0 radical (unpaired) electrons. The molecule has 15 heavy (non-hydrogen) atoms. The van der Waals surface area contributed by atoms with Gasteiger partial charge in [-0.05, 0) is 38.3 Å². The number of aryl methyl sites for hydroxylation is 1. The van der Waals surface area contributed by atoms with Crippen LogP contribution in [0, 0.1) is 12.8 Å². The quantitative estimate of drug-likeness (QED) is 0.531. The molecule has 0 saturated heterocycles. The van der Waals surface area contributed by atoms with E-state index < -0.39 is 0 Å². The topological polar surface area (TPSA) is 12.0 Å². The van der Waals surface area contributed by atoms with Crippen molar-refractivity contribution in [2.75, 3.05) is 13.1 Å². The van der Waals surface area contributed by atoms with Gasteiger partial charge in [-0.3, -0.25) is 0 Å². The van der Waals surface area contributed by atoms with Gasteiger partial charge in [-0.15, -0.1) is 0 Å². The molecule has 0 heterocycles. The van der Waals surface area contributed by atoms with Crippen LogP contribution in [-0.4, -0.2) is 13.1 Å². The van der Waals surface area contributed by atoms with Gasteiger partial charge in [0.2, 0.25) is 0 Å². The molecule has 0 aromatic heterocycles. The number of benzene rings is 1. The number of rotatable bonds is 7. The highest BCUT2D eigenvalue weighted by Crippen LogP contribution is 2.03. The lowest BCUT2D eigenvalue weighted by molar-refractivity contribution is 0.564. The first kappa shape index (κ1) is 12.1. The summed E-state index contributed by atoms with van der Waals surface area (Å²) in [4.78, 5) is 0. The van der Waals surface area contributed by atoms with Gasteiger partial charge in [-0.2, -0.15) is 0 Å². The molecule has 1 unspecified atom stereocenters. The molecule has 1 N–H and O–H groups in total. The lowest BCUT2D eigenvalue weighted by Gasteiger charge is -2.04. The third kappa shape index (κ3) is 6.19. The average molecular weight is 204 g/mol. The van der Waals surface area contributed by atoms with Crippen LogP contribution in [0.25, 0.3) is 0 Å². The summed E-state index contributed by atoms with van der Waals surface area (Å²) in [7, 11) is 0. The predicted octanol–water partition coefficient (Wildman–Crippen LogP) is 3.07. The highest BCUT2D eigenvalue weighted by molar-refractivity contribution is 5.14. The molecule has 0 spiro atoms. The third-order valence-corrected chi connectivity index (χ3v) is 2.40. The molecule has 0 saturated carbocycles. The Kier molecular flexibility index (Phi) is 5.94. The van der Waals surface area contributed by atoms with E-state index in [1.54, 1.807) is 0 Å². The summed E-state index contributed by atoms with van der Waals surface area (Å²) < 4.78 is 0. The van der Waals surface area contributed by atoms with E-state index in [1.165, 1.54) is 24.8 Å². The summed E-state index contributed by atoms with van der Waals surface area (Å²) in [5.74, 6) is 0.513. The van der Waals surface area contributed by atoms with Crippen molar-refractivity contribution in [3.63, 3.8) is 0 Å². The first-order valence-corrected chi connectivity index (χ1v) is 5.87. The third-order valence-electron chi connectivity index (χ3n) is 2.40. The molecular weight excluding hydrogens is 182 g/mol. The SMILES string of the molecule is [CH2+]C(C)CNCCCCc1ccccc1. The van der Waals surface area contributed by atoms with Crippen molar-refractivity contribution in [3.05, 3.63) is 42.8 Å². The monoisotopic (exact) mass is 204 g/mol. The molecular formula is C14H22N+. The molecule has 0 aliphatic rings. The second-order valence-electron chi connectivity index (χ2n) is 4.25. The van der Waals surface area contributed by atoms with Crippen LogP contribution in [0.15, 0.2) is 30.3 Å². The Morgan fingerprint density at radius 2 is 1.93 bits per heavy atom. The fraction of sp³-hybridized carbons (Fsp3) is 0.500. The highest BCUT2D eigenvalue weighted by Gasteiger charge is 1.98. The lowest BCUT2D eigenvalue weighted by Crippen LogP contribution is -2.20. The molecule has 1 atom stereocenters. The van der Waals surface area contributed by atoms with E-state index in [4.69, 9.17) is 0 Å². The molecule has 0 amide bonds. The molecule has 1 nitrogen and oxygen atoms in total. The molecule has 1 rings (SSSR count). The largest absolute Gasteiger partial charge is 0.312 e. The van der Waals surface area contributed by atoms with Gasteiger partial charge in [-0.25, -0.2) is 0 Å². The zero-order valence-corrected chi connectivity index (χ0v) is 9.71. The Morgan fingerprint density at radius 1 is 1.20 bits per heavy atom. The van der Waals surface area contributed by atoms with E-state index in [9.17, 15) is 0 Å². The summed E-state index contributed by atoms with van der Waals surface area (Å²) in [5.41, 5.74) is 1.45. The summed E-state index contributed by atoms with van der Waals surface area (Å²) >= 11 is 0. The molecule has 0 fully saturated rings. The van der Waals surface area contributed by atoms with Gasteiger partial charge in [0, 0.05) is 6.54 Å².